The molecule has 2 aromatic rings. The average molecular weight is 348 g/mol. The maximum absolute atomic E-state index is 12.5. The zero-order valence-corrected chi connectivity index (χ0v) is 14.2. The van der Waals surface area contributed by atoms with Crippen molar-refractivity contribution in [1.82, 2.24) is 4.98 Å². The SMILES string of the molecule is CC1COC(=S)Nc2ccc(CS(=O)(=O)c3cccnc3)cc21. The molecule has 3 rings (SSSR count). The second kappa shape index (κ2) is 6.25. The van der Waals surface area contributed by atoms with Gasteiger partial charge in [0.25, 0.3) is 5.17 Å². The van der Waals surface area contributed by atoms with Crippen molar-refractivity contribution in [2.75, 3.05) is 11.9 Å². The number of sulfone groups is 1. The van der Waals surface area contributed by atoms with Gasteiger partial charge < -0.3 is 10.1 Å². The first-order chi connectivity index (χ1) is 11.0. The van der Waals surface area contributed by atoms with Gasteiger partial charge >= 0.3 is 0 Å². The van der Waals surface area contributed by atoms with E-state index in [2.05, 4.69) is 10.3 Å². The number of hydrogen-bond donors (Lipinski definition) is 1. The Morgan fingerprint density at radius 2 is 2.22 bits per heavy atom. The molecule has 0 aliphatic carbocycles. The van der Waals surface area contributed by atoms with Gasteiger partial charge in [0.05, 0.1) is 17.3 Å². The van der Waals surface area contributed by atoms with Crippen molar-refractivity contribution in [3.05, 3.63) is 53.9 Å². The Labute approximate surface area is 140 Å². The molecule has 1 N–H and O–H groups in total. The maximum atomic E-state index is 12.5. The Morgan fingerprint density at radius 3 is 2.96 bits per heavy atom. The van der Waals surface area contributed by atoms with Gasteiger partial charge in [-0.25, -0.2) is 8.42 Å². The lowest BCUT2D eigenvalue weighted by molar-refractivity contribution is 0.294. The number of thiocarbonyl (C=S) groups is 1. The van der Waals surface area contributed by atoms with E-state index in [4.69, 9.17) is 17.0 Å². The van der Waals surface area contributed by atoms with Gasteiger partial charge in [-0.1, -0.05) is 19.1 Å². The van der Waals surface area contributed by atoms with Gasteiger partial charge in [-0.05, 0) is 41.5 Å². The molecule has 0 saturated carbocycles. The highest BCUT2D eigenvalue weighted by Crippen LogP contribution is 2.30. The molecule has 0 fully saturated rings. The van der Waals surface area contributed by atoms with E-state index < -0.39 is 9.84 Å². The fraction of sp³-hybridized carbons (Fsp3) is 0.250. The molecule has 0 radical (unpaired) electrons. The van der Waals surface area contributed by atoms with E-state index in [1.54, 1.807) is 24.4 Å². The van der Waals surface area contributed by atoms with Crippen LogP contribution in [0.25, 0.3) is 0 Å². The Hall–Kier alpha value is -1.99. The van der Waals surface area contributed by atoms with Crippen molar-refractivity contribution < 1.29 is 13.2 Å². The van der Waals surface area contributed by atoms with Crippen LogP contribution in [0.5, 0.6) is 0 Å². The smallest absolute Gasteiger partial charge is 0.261 e. The number of benzene rings is 1. The number of fused-ring (bicyclic) bond motifs is 1. The molecule has 5 nitrogen and oxygen atoms in total. The van der Waals surface area contributed by atoms with E-state index in [1.165, 1.54) is 6.20 Å². The minimum atomic E-state index is -3.42. The van der Waals surface area contributed by atoms with Crippen molar-refractivity contribution >= 4 is 32.9 Å². The molecule has 1 unspecified atom stereocenters. The van der Waals surface area contributed by atoms with Crippen LogP contribution in [0.1, 0.15) is 24.0 Å². The van der Waals surface area contributed by atoms with E-state index in [-0.39, 0.29) is 16.6 Å². The van der Waals surface area contributed by atoms with Crippen molar-refractivity contribution in [2.45, 2.75) is 23.5 Å². The Bertz CT molecular complexity index is 836. The molecule has 1 aliphatic heterocycles. The maximum Gasteiger partial charge on any atom is 0.261 e. The van der Waals surface area contributed by atoms with E-state index >= 15 is 0 Å². The van der Waals surface area contributed by atoms with Crippen LogP contribution in [-0.2, 0) is 20.3 Å². The van der Waals surface area contributed by atoms with Crippen molar-refractivity contribution in [2.24, 2.45) is 0 Å². The van der Waals surface area contributed by atoms with Gasteiger partial charge in [-0.15, -0.1) is 0 Å². The molecule has 0 bridgehead atoms. The zero-order chi connectivity index (χ0) is 16.4. The second-order valence-corrected chi connectivity index (χ2v) is 7.85. The van der Waals surface area contributed by atoms with Gasteiger partial charge in [0.15, 0.2) is 9.84 Å². The van der Waals surface area contributed by atoms with Crippen LogP contribution in [0.15, 0.2) is 47.6 Å². The molecule has 0 spiro atoms. The van der Waals surface area contributed by atoms with Crippen LogP contribution in [-0.4, -0.2) is 25.2 Å². The number of rotatable bonds is 3. The number of anilines is 1. The molecule has 0 saturated heterocycles. The lowest BCUT2D eigenvalue weighted by atomic mass is 9.98. The molecule has 0 amide bonds. The largest absolute Gasteiger partial charge is 0.470 e. The summed E-state index contributed by atoms with van der Waals surface area (Å²) >= 11 is 5.07. The van der Waals surface area contributed by atoms with E-state index in [9.17, 15) is 8.42 Å². The number of pyridine rings is 1. The summed E-state index contributed by atoms with van der Waals surface area (Å²) < 4.78 is 30.3. The third kappa shape index (κ3) is 3.51. The lowest BCUT2D eigenvalue weighted by Gasteiger charge is -2.13. The first-order valence-corrected chi connectivity index (χ1v) is 9.21. The second-order valence-electron chi connectivity index (χ2n) is 5.49. The molecule has 1 aromatic heterocycles. The monoisotopic (exact) mass is 348 g/mol. The molecule has 2 heterocycles. The summed E-state index contributed by atoms with van der Waals surface area (Å²) in [5.74, 6) is 0.0586. The summed E-state index contributed by atoms with van der Waals surface area (Å²) in [5, 5.41) is 3.36. The highest BCUT2D eigenvalue weighted by Gasteiger charge is 2.20. The fourth-order valence-electron chi connectivity index (χ4n) is 2.49. The highest BCUT2D eigenvalue weighted by atomic mass is 32.2. The minimum absolute atomic E-state index is 0.0655. The molecular weight excluding hydrogens is 332 g/mol. The molecule has 1 atom stereocenters. The van der Waals surface area contributed by atoms with Gasteiger partial charge in [0.2, 0.25) is 0 Å². The molecule has 7 heteroatoms. The third-order valence-corrected chi connectivity index (χ3v) is 5.59. The fourth-order valence-corrected chi connectivity index (χ4v) is 3.96. The number of ether oxygens (including phenoxy) is 1. The number of hydrogen-bond acceptors (Lipinski definition) is 5. The summed E-state index contributed by atoms with van der Waals surface area (Å²) in [7, 11) is -3.42. The minimum Gasteiger partial charge on any atom is -0.470 e. The average Bonchev–Trinajstić information content (AvgIpc) is 2.67. The van der Waals surface area contributed by atoms with Crippen LogP contribution in [0.3, 0.4) is 0 Å². The van der Waals surface area contributed by atoms with Gasteiger partial charge in [-0.2, -0.15) is 0 Å². The van der Waals surface area contributed by atoms with Crippen molar-refractivity contribution in [3.63, 3.8) is 0 Å². The first kappa shape index (κ1) is 15.9. The summed E-state index contributed by atoms with van der Waals surface area (Å²) in [6, 6.07) is 8.72. The first-order valence-electron chi connectivity index (χ1n) is 7.15. The molecule has 23 heavy (non-hydrogen) atoms. The Balaban J connectivity index is 1.92. The third-order valence-electron chi connectivity index (χ3n) is 3.70. The van der Waals surface area contributed by atoms with Gasteiger partial charge in [0.1, 0.15) is 0 Å². The predicted molar refractivity (Wildman–Crippen MR) is 92.2 cm³/mol. The zero-order valence-electron chi connectivity index (χ0n) is 12.5. The molecular formula is C16H16N2O3S2. The van der Waals surface area contributed by atoms with Gasteiger partial charge in [0, 0.05) is 24.0 Å². The van der Waals surface area contributed by atoms with Crippen molar-refractivity contribution in [3.8, 4) is 0 Å². The Morgan fingerprint density at radius 1 is 1.39 bits per heavy atom. The lowest BCUT2D eigenvalue weighted by Crippen LogP contribution is -2.11. The summed E-state index contributed by atoms with van der Waals surface area (Å²) in [6.45, 7) is 2.49. The van der Waals surface area contributed by atoms with E-state index in [1.807, 2.05) is 19.1 Å². The highest BCUT2D eigenvalue weighted by molar-refractivity contribution is 7.90. The summed E-state index contributed by atoms with van der Waals surface area (Å²) in [4.78, 5) is 4.10. The van der Waals surface area contributed by atoms with E-state index in [0.717, 1.165) is 16.8 Å². The van der Waals surface area contributed by atoms with Crippen LogP contribution in [0.4, 0.5) is 5.69 Å². The normalized spacial score (nSPS) is 17.6. The molecule has 1 aromatic carbocycles. The van der Waals surface area contributed by atoms with E-state index in [0.29, 0.717) is 11.8 Å². The standard InChI is InChI=1S/C16H16N2O3S2/c1-11-9-21-16(22)18-15-5-4-12(7-14(11)15)10-23(19,20)13-3-2-6-17-8-13/h2-8,11H,9-10H2,1H3,(H,18,22). The number of nitrogens with zero attached hydrogens (tertiary/aromatic N) is 1. The Kier molecular flexibility index (Phi) is 4.32. The van der Waals surface area contributed by atoms with Crippen LogP contribution in [0, 0.1) is 0 Å². The quantitative estimate of drug-likeness (QED) is 0.860. The van der Waals surface area contributed by atoms with Crippen LogP contribution in [0.2, 0.25) is 0 Å². The van der Waals surface area contributed by atoms with Crippen LogP contribution < -0.4 is 5.32 Å². The summed E-state index contributed by atoms with van der Waals surface area (Å²) in [6.07, 6.45) is 2.92. The van der Waals surface area contributed by atoms with Crippen LogP contribution >= 0.6 is 12.2 Å². The molecule has 1 aliphatic rings. The van der Waals surface area contributed by atoms with Crippen molar-refractivity contribution in [1.29, 1.82) is 0 Å². The summed E-state index contributed by atoms with van der Waals surface area (Å²) in [5.41, 5.74) is 2.60. The molecule has 120 valence electrons. The predicted octanol–water partition coefficient (Wildman–Crippen LogP) is 2.89. The van der Waals surface area contributed by atoms with Gasteiger partial charge in [-0.3, -0.25) is 4.98 Å². The topological polar surface area (TPSA) is 68.3 Å². The number of aromatic nitrogens is 1. The number of nitrogens with one attached hydrogen (secondary N) is 1.